The van der Waals surface area contributed by atoms with Gasteiger partial charge in [-0.2, -0.15) is 4.98 Å². The summed E-state index contributed by atoms with van der Waals surface area (Å²) >= 11 is 0. The first-order chi connectivity index (χ1) is 14.9. The van der Waals surface area contributed by atoms with Crippen molar-refractivity contribution in [1.82, 2.24) is 9.55 Å². The summed E-state index contributed by atoms with van der Waals surface area (Å²) in [4.78, 5) is 43.1. The second-order valence-corrected chi connectivity index (χ2v) is 8.35. The maximum absolute atomic E-state index is 16.2. The number of nitrogens with zero attached hydrogens (tertiary/aromatic N) is 5. The van der Waals surface area contributed by atoms with E-state index < -0.39 is 66.2 Å². The first-order valence-electron chi connectivity index (χ1n) is 9.95. The first-order valence-corrected chi connectivity index (χ1v) is 9.95. The third kappa shape index (κ3) is 5.00. The van der Waals surface area contributed by atoms with E-state index in [0.717, 1.165) is 11.5 Å². The molecule has 13 heteroatoms. The van der Waals surface area contributed by atoms with Gasteiger partial charge < -0.3 is 19.9 Å². The lowest BCUT2D eigenvalue weighted by Crippen LogP contribution is -2.55. The molecule has 1 fully saturated rings. The fraction of sp³-hybridized carbons (Fsp3) is 0.684. The number of anilines is 1. The van der Waals surface area contributed by atoms with Crippen LogP contribution >= 0.6 is 0 Å². The van der Waals surface area contributed by atoms with Gasteiger partial charge in [-0.1, -0.05) is 32.8 Å². The number of nitrogen functional groups attached to an aromatic ring is 1. The minimum Gasteiger partial charge on any atom is -0.462 e. The highest BCUT2D eigenvalue weighted by atomic mass is 19.1. The number of ether oxygens (including phenoxy) is 3. The largest absolute Gasteiger partial charge is 0.462 e. The van der Waals surface area contributed by atoms with Gasteiger partial charge in [0.25, 0.3) is 0 Å². The highest BCUT2D eigenvalue weighted by Crippen LogP contribution is 2.48. The van der Waals surface area contributed by atoms with Crippen molar-refractivity contribution in [2.75, 3.05) is 18.9 Å². The summed E-state index contributed by atoms with van der Waals surface area (Å²) in [6.45, 7) is 6.22. The van der Waals surface area contributed by atoms with Crippen LogP contribution in [0.1, 0.15) is 40.8 Å². The summed E-state index contributed by atoms with van der Waals surface area (Å²) in [5.41, 5.74) is 9.04. The Balaban J connectivity index is 2.61. The predicted octanol–water partition coefficient (Wildman–Crippen LogP) is 1.90. The van der Waals surface area contributed by atoms with Gasteiger partial charge >= 0.3 is 17.6 Å². The molecule has 1 aliphatic rings. The van der Waals surface area contributed by atoms with E-state index in [9.17, 15) is 14.4 Å². The van der Waals surface area contributed by atoms with E-state index in [0.29, 0.717) is 0 Å². The highest BCUT2D eigenvalue weighted by molar-refractivity contribution is 5.72. The van der Waals surface area contributed by atoms with Crippen LogP contribution in [0.4, 0.5) is 10.2 Å². The normalized spacial score (nSPS) is 27.2. The van der Waals surface area contributed by atoms with Gasteiger partial charge in [0, 0.05) is 11.1 Å². The maximum Gasteiger partial charge on any atom is 0.351 e. The molecule has 2 rings (SSSR count). The number of alkyl halides is 1. The Morgan fingerprint density at radius 2 is 2.00 bits per heavy atom. The number of aromatic nitrogens is 2. The van der Waals surface area contributed by atoms with Crippen LogP contribution in [0.5, 0.6) is 0 Å². The quantitative estimate of drug-likeness (QED) is 0.268. The summed E-state index contributed by atoms with van der Waals surface area (Å²) in [5, 5.41) is 3.46. The summed E-state index contributed by atoms with van der Waals surface area (Å²) in [7, 11) is 0. The Bertz CT molecular complexity index is 973. The van der Waals surface area contributed by atoms with Crippen LogP contribution in [0.2, 0.25) is 0 Å². The molecule has 1 saturated heterocycles. The fourth-order valence-corrected chi connectivity index (χ4v) is 3.24. The standard InChI is InChI=1S/C19H27FN6O6/c1-10(2)13(27)30-9-19(8-23-25-22)15(31-14(28)11(3)4)18(5,20)16(32-19)26-7-6-12(21)24-17(26)29/h6-7,10-11,15-16H,8-9H2,1-5H3,(H2,21,24,29)/t15-,16+,18+,19+/m0/s1. The van der Waals surface area contributed by atoms with Crippen LogP contribution in [0.15, 0.2) is 22.2 Å². The van der Waals surface area contributed by atoms with E-state index in [4.69, 9.17) is 25.5 Å². The molecule has 0 spiro atoms. The summed E-state index contributed by atoms with van der Waals surface area (Å²) in [5.74, 6) is -2.61. The van der Waals surface area contributed by atoms with Crippen molar-refractivity contribution >= 4 is 17.8 Å². The molecule has 0 unspecified atom stereocenters. The van der Waals surface area contributed by atoms with E-state index in [1.165, 1.54) is 12.3 Å². The van der Waals surface area contributed by atoms with Gasteiger partial charge in [0.1, 0.15) is 12.4 Å². The number of carbonyl (C=O) groups is 2. The number of rotatable bonds is 8. The number of hydrogen-bond donors (Lipinski definition) is 1. The smallest absolute Gasteiger partial charge is 0.351 e. The molecule has 0 saturated carbocycles. The molecule has 1 aromatic rings. The number of hydrogen-bond acceptors (Lipinski definition) is 9. The number of esters is 2. The van der Waals surface area contributed by atoms with Gasteiger partial charge in [-0.05, 0) is 18.5 Å². The lowest BCUT2D eigenvalue weighted by Gasteiger charge is -2.34. The summed E-state index contributed by atoms with van der Waals surface area (Å²) in [6.07, 6.45) is -2.16. The summed E-state index contributed by atoms with van der Waals surface area (Å²) < 4.78 is 33.7. The van der Waals surface area contributed by atoms with Crippen molar-refractivity contribution in [1.29, 1.82) is 0 Å². The number of halogens is 1. The van der Waals surface area contributed by atoms with Gasteiger partial charge in [-0.25, -0.2) is 9.18 Å². The van der Waals surface area contributed by atoms with Crippen molar-refractivity contribution in [2.45, 2.75) is 58.2 Å². The fourth-order valence-electron chi connectivity index (χ4n) is 3.24. The van der Waals surface area contributed by atoms with Crippen LogP contribution in [0.3, 0.4) is 0 Å². The van der Waals surface area contributed by atoms with E-state index in [-0.39, 0.29) is 5.82 Å². The zero-order valence-corrected chi connectivity index (χ0v) is 18.5. The van der Waals surface area contributed by atoms with Gasteiger partial charge in [-0.15, -0.1) is 0 Å². The lowest BCUT2D eigenvalue weighted by atomic mass is 9.88. The first kappa shape index (κ1) is 25.1. The van der Waals surface area contributed by atoms with Crippen LogP contribution < -0.4 is 11.4 Å². The number of azide groups is 1. The molecule has 0 bridgehead atoms. The maximum atomic E-state index is 16.2. The Morgan fingerprint density at radius 3 is 2.53 bits per heavy atom. The molecule has 0 aliphatic carbocycles. The molecule has 2 heterocycles. The van der Waals surface area contributed by atoms with Crippen LogP contribution in [-0.2, 0) is 23.8 Å². The molecule has 1 aliphatic heterocycles. The minimum atomic E-state index is -2.51. The lowest BCUT2D eigenvalue weighted by molar-refractivity contribution is -0.180. The van der Waals surface area contributed by atoms with Crippen LogP contribution in [-0.4, -0.2) is 52.0 Å². The molecule has 0 amide bonds. The molecule has 2 N–H and O–H groups in total. The molecule has 176 valence electrons. The molecular weight excluding hydrogens is 427 g/mol. The Labute approximate surface area is 183 Å². The topological polar surface area (TPSA) is 171 Å². The van der Waals surface area contributed by atoms with Gasteiger partial charge in [0.15, 0.2) is 23.6 Å². The SMILES string of the molecule is CC(C)C(=O)OC[C@@]1(CN=[N+]=[N-])O[C@@H](n2ccc(N)nc2=O)[C@](C)(F)[C@@H]1OC(=O)C(C)C. The van der Waals surface area contributed by atoms with Gasteiger partial charge in [0.05, 0.1) is 18.4 Å². The van der Waals surface area contributed by atoms with Crippen molar-refractivity contribution in [3.8, 4) is 0 Å². The van der Waals surface area contributed by atoms with Gasteiger partial charge in [0.2, 0.25) is 0 Å². The minimum absolute atomic E-state index is 0.0844. The molecule has 12 nitrogen and oxygen atoms in total. The monoisotopic (exact) mass is 454 g/mol. The second kappa shape index (κ2) is 9.53. The molecule has 32 heavy (non-hydrogen) atoms. The van der Waals surface area contributed by atoms with Crippen molar-refractivity contribution in [3.63, 3.8) is 0 Å². The third-order valence-electron chi connectivity index (χ3n) is 4.96. The molecule has 0 radical (unpaired) electrons. The third-order valence-corrected chi connectivity index (χ3v) is 4.96. The highest BCUT2D eigenvalue weighted by Gasteiger charge is 2.66. The Hall–Kier alpha value is -3.18. The average molecular weight is 454 g/mol. The van der Waals surface area contributed by atoms with Crippen molar-refractivity contribution in [2.24, 2.45) is 17.0 Å². The van der Waals surface area contributed by atoms with Crippen molar-refractivity contribution < 1.29 is 28.2 Å². The van der Waals surface area contributed by atoms with Crippen LogP contribution in [0, 0.1) is 11.8 Å². The van der Waals surface area contributed by atoms with Gasteiger partial charge in [-0.3, -0.25) is 14.2 Å². The van der Waals surface area contributed by atoms with E-state index in [1.807, 2.05) is 0 Å². The number of carbonyl (C=O) groups excluding carboxylic acids is 2. The summed E-state index contributed by atoms with van der Waals surface area (Å²) in [6, 6.07) is 1.27. The second-order valence-electron chi connectivity index (χ2n) is 8.35. The molecule has 0 aromatic carbocycles. The van der Waals surface area contributed by atoms with Crippen LogP contribution in [0.25, 0.3) is 10.4 Å². The zero-order valence-electron chi connectivity index (χ0n) is 18.5. The Morgan fingerprint density at radius 1 is 1.38 bits per heavy atom. The Kier molecular flexibility index (Phi) is 7.47. The molecule has 1 aromatic heterocycles. The number of nitrogens with two attached hydrogens (primary N) is 1. The van der Waals surface area contributed by atoms with E-state index in [1.54, 1.807) is 27.7 Å². The van der Waals surface area contributed by atoms with E-state index in [2.05, 4.69) is 15.0 Å². The zero-order chi connectivity index (χ0) is 24.3. The predicted molar refractivity (Wildman–Crippen MR) is 110 cm³/mol. The average Bonchev–Trinajstić information content (AvgIpc) is 2.92. The van der Waals surface area contributed by atoms with E-state index >= 15 is 4.39 Å². The molecular formula is C19H27FN6O6. The van der Waals surface area contributed by atoms with Crippen molar-refractivity contribution in [3.05, 3.63) is 33.2 Å². The molecule has 4 atom stereocenters.